The molecule has 0 radical (unpaired) electrons. The summed E-state index contributed by atoms with van der Waals surface area (Å²) >= 11 is 1.28. The molecule has 142 valence electrons. The van der Waals surface area contributed by atoms with E-state index in [-0.39, 0.29) is 11.9 Å². The van der Waals surface area contributed by atoms with Crippen molar-refractivity contribution < 1.29 is 14.3 Å². The highest BCUT2D eigenvalue weighted by atomic mass is 32.1. The lowest BCUT2D eigenvalue weighted by Crippen LogP contribution is -2.33. The number of aryl methyl sites for hydroxylation is 1. The first-order valence-electron chi connectivity index (χ1n) is 9.21. The first-order chi connectivity index (χ1) is 13.6. The number of hydrogen-bond donors (Lipinski definition) is 1. The number of benzene rings is 2. The minimum atomic E-state index is -0.976. The second kappa shape index (κ2) is 7.94. The Morgan fingerprint density at radius 2 is 1.71 bits per heavy atom. The van der Waals surface area contributed by atoms with Crippen molar-refractivity contribution in [3.63, 3.8) is 0 Å². The molecule has 1 aromatic heterocycles. The van der Waals surface area contributed by atoms with Crippen LogP contribution in [-0.2, 0) is 9.53 Å². The predicted octanol–water partition coefficient (Wildman–Crippen LogP) is 4.30. The molecule has 2 aromatic carbocycles. The molecule has 5 nitrogen and oxygen atoms in total. The van der Waals surface area contributed by atoms with Crippen molar-refractivity contribution in [1.82, 2.24) is 10.3 Å². The maximum Gasteiger partial charge on any atom is 0.351 e. The van der Waals surface area contributed by atoms with E-state index >= 15 is 0 Å². The number of rotatable bonds is 6. The van der Waals surface area contributed by atoms with Gasteiger partial charge in [-0.25, -0.2) is 9.78 Å². The Balaban J connectivity index is 1.57. The maximum absolute atomic E-state index is 12.9. The standard InChI is InChI=1S/C22H20N2O3S/c1-14-19(28-21(23-14)16-10-6-3-7-11-16)22(26)27-18(15-8-4-2-5-9-15)20(25)24-17-12-13-17/h2-11,17-18H,12-13H2,1H3,(H,24,25)/t18-/m0/s1. The number of amides is 1. The van der Waals surface area contributed by atoms with Gasteiger partial charge in [0.25, 0.3) is 5.91 Å². The predicted molar refractivity (Wildman–Crippen MR) is 108 cm³/mol. The van der Waals surface area contributed by atoms with Gasteiger partial charge in [-0.15, -0.1) is 11.3 Å². The van der Waals surface area contributed by atoms with Gasteiger partial charge >= 0.3 is 5.97 Å². The number of hydrogen-bond acceptors (Lipinski definition) is 5. The van der Waals surface area contributed by atoms with Gasteiger partial charge in [0.2, 0.25) is 6.10 Å². The van der Waals surface area contributed by atoms with E-state index in [0.717, 1.165) is 23.4 Å². The van der Waals surface area contributed by atoms with Crippen molar-refractivity contribution in [2.75, 3.05) is 0 Å². The van der Waals surface area contributed by atoms with E-state index in [1.165, 1.54) is 11.3 Å². The molecular weight excluding hydrogens is 372 g/mol. The molecule has 1 heterocycles. The number of nitrogens with one attached hydrogen (secondary N) is 1. The summed E-state index contributed by atoms with van der Waals surface area (Å²) in [6.45, 7) is 1.78. The highest BCUT2D eigenvalue weighted by Crippen LogP contribution is 2.30. The molecule has 3 aromatic rings. The molecule has 28 heavy (non-hydrogen) atoms. The minimum Gasteiger partial charge on any atom is -0.443 e. The van der Waals surface area contributed by atoms with Crippen LogP contribution in [0.2, 0.25) is 0 Å². The number of aromatic nitrogens is 1. The Kier molecular flexibility index (Phi) is 5.21. The SMILES string of the molecule is Cc1nc(-c2ccccc2)sc1C(=O)O[C@H](C(=O)NC1CC1)c1ccccc1. The van der Waals surface area contributed by atoms with Crippen molar-refractivity contribution >= 4 is 23.2 Å². The molecule has 1 aliphatic rings. The summed E-state index contributed by atoms with van der Waals surface area (Å²) in [7, 11) is 0. The Morgan fingerprint density at radius 3 is 2.36 bits per heavy atom. The van der Waals surface area contributed by atoms with Crippen LogP contribution in [-0.4, -0.2) is 22.9 Å². The quantitative estimate of drug-likeness (QED) is 0.635. The first-order valence-corrected chi connectivity index (χ1v) is 10.0. The summed E-state index contributed by atoms with van der Waals surface area (Å²) in [5, 5.41) is 3.68. The van der Waals surface area contributed by atoms with E-state index < -0.39 is 12.1 Å². The average Bonchev–Trinajstić information content (AvgIpc) is 3.45. The fourth-order valence-electron chi connectivity index (χ4n) is 2.86. The van der Waals surface area contributed by atoms with Gasteiger partial charge in [0.15, 0.2) is 0 Å². The molecule has 1 saturated carbocycles. The van der Waals surface area contributed by atoms with Crippen molar-refractivity contribution in [3.05, 3.63) is 76.8 Å². The van der Waals surface area contributed by atoms with Crippen LogP contribution in [0.1, 0.15) is 39.9 Å². The second-order valence-electron chi connectivity index (χ2n) is 6.78. The number of ether oxygens (including phenoxy) is 1. The molecule has 0 spiro atoms. The number of thiazole rings is 1. The van der Waals surface area contributed by atoms with Crippen LogP contribution >= 0.6 is 11.3 Å². The smallest absolute Gasteiger partial charge is 0.351 e. The van der Waals surface area contributed by atoms with Crippen molar-refractivity contribution in [2.24, 2.45) is 0 Å². The Labute approximate surface area is 167 Å². The summed E-state index contributed by atoms with van der Waals surface area (Å²) in [5.41, 5.74) is 2.20. The Morgan fingerprint density at radius 1 is 1.07 bits per heavy atom. The molecule has 4 rings (SSSR count). The summed E-state index contributed by atoms with van der Waals surface area (Å²) in [6.07, 6.45) is 0.960. The molecule has 6 heteroatoms. The largest absolute Gasteiger partial charge is 0.443 e. The molecular formula is C22H20N2O3S. The summed E-state index contributed by atoms with van der Waals surface area (Å²) in [4.78, 5) is 30.5. The zero-order valence-corrected chi connectivity index (χ0v) is 16.2. The average molecular weight is 392 g/mol. The first kappa shape index (κ1) is 18.4. The van der Waals surface area contributed by atoms with Gasteiger partial charge < -0.3 is 10.1 Å². The van der Waals surface area contributed by atoms with Crippen LogP contribution in [0, 0.1) is 6.92 Å². The van der Waals surface area contributed by atoms with Crippen LogP contribution in [0.3, 0.4) is 0 Å². The van der Waals surface area contributed by atoms with E-state index in [9.17, 15) is 9.59 Å². The van der Waals surface area contributed by atoms with Gasteiger partial charge in [0, 0.05) is 17.2 Å². The summed E-state index contributed by atoms with van der Waals surface area (Å²) in [5.74, 6) is -0.815. The number of nitrogens with zero attached hydrogens (tertiary/aromatic N) is 1. The van der Waals surface area contributed by atoms with E-state index in [1.807, 2.05) is 48.5 Å². The van der Waals surface area contributed by atoms with Crippen molar-refractivity contribution in [2.45, 2.75) is 31.9 Å². The monoisotopic (exact) mass is 392 g/mol. The van der Waals surface area contributed by atoms with Crippen molar-refractivity contribution in [3.8, 4) is 10.6 Å². The third-order valence-electron chi connectivity index (χ3n) is 4.49. The number of carbonyl (C=O) groups is 2. The van der Waals surface area contributed by atoms with E-state index in [4.69, 9.17) is 4.74 Å². The lowest BCUT2D eigenvalue weighted by atomic mass is 10.1. The highest BCUT2D eigenvalue weighted by Gasteiger charge is 2.32. The molecule has 0 bridgehead atoms. The van der Waals surface area contributed by atoms with Crippen molar-refractivity contribution in [1.29, 1.82) is 0 Å². The lowest BCUT2D eigenvalue weighted by Gasteiger charge is -2.17. The summed E-state index contributed by atoms with van der Waals surface area (Å²) in [6, 6.07) is 19.0. The van der Waals surface area contributed by atoms with Gasteiger partial charge in [-0.2, -0.15) is 0 Å². The number of esters is 1. The topological polar surface area (TPSA) is 68.3 Å². The zero-order valence-electron chi connectivity index (χ0n) is 15.4. The Hall–Kier alpha value is -2.99. The van der Waals surface area contributed by atoms with Gasteiger partial charge in [0.1, 0.15) is 9.88 Å². The van der Waals surface area contributed by atoms with Crippen LogP contribution < -0.4 is 5.32 Å². The third-order valence-corrected chi connectivity index (χ3v) is 5.68. The second-order valence-corrected chi connectivity index (χ2v) is 7.78. The van der Waals surface area contributed by atoms with Gasteiger partial charge in [-0.3, -0.25) is 4.79 Å². The van der Waals surface area contributed by atoms with Crippen LogP contribution in [0.15, 0.2) is 60.7 Å². The van der Waals surface area contributed by atoms with Crippen LogP contribution in [0.25, 0.3) is 10.6 Å². The summed E-state index contributed by atoms with van der Waals surface area (Å²) < 4.78 is 5.66. The van der Waals surface area contributed by atoms with Crippen LogP contribution in [0.4, 0.5) is 0 Å². The van der Waals surface area contributed by atoms with E-state index in [1.54, 1.807) is 19.1 Å². The molecule has 0 unspecified atom stereocenters. The molecule has 0 aliphatic heterocycles. The fraction of sp³-hybridized carbons (Fsp3) is 0.227. The van der Waals surface area contributed by atoms with Crippen LogP contribution in [0.5, 0.6) is 0 Å². The molecule has 1 atom stereocenters. The zero-order chi connectivity index (χ0) is 19.5. The van der Waals surface area contributed by atoms with Gasteiger partial charge in [0.05, 0.1) is 5.69 Å². The molecule has 1 N–H and O–H groups in total. The normalized spacial score (nSPS) is 14.3. The van der Waals surface area contributed by atoms with E-state index in [0.29, 0.717) is 16.1 Å². The van der Waals surface area contributed by atoms with Gasteiger partial charge in [-0.1, -0.05) is 60.7 Å². The van der Waals surface area contributed by atoms with E-state index in [2.05, 4.69) is 10.3 Å². The molecule has 1 aliphatic carbocycles. The molecule has 0 saturated heterocycles. The third kappa shape index (κ3) is 4.12. The minimum absolute atomic E-state index is 0.187. The highest BCUT2D eigenvalue weighted by molar-refractivity contribution is 7.17. The maximum atomic E-state index is 12.9. The Bertz CT molecular complexity index is 982. The fourth-order valence-corrected chi connectivity index (χ4v) is 3.81. The molecule has 1 amide bonds. The molecule has 1 fully saturated rings. The number of carbonyl (C=O) groups excluding carboxylic acids is 2. The van der Waals surface area contributed by atoms with Gasteiger partial charge in [-0.05, 0) is 19.8 Å². The lowest BCUT2D eigenvalue weighted by molar-refractivity contribution is -0.130.